The number of aromatic nitrogens is 6. The maximum Gasteiger partial charge on any atom is 0.259 e. The average Bonchev–Trinajstić information content (AvgIpc) is 3.33. The number of hydrogen-bond donors (Lipinski definition) is 1. The van der Waals surface area contributed by atoms with Crippen molar-refractivity contribution in [3.63, 3.8) is 0 Å². The van der Waals surface area contributed by atoms with E-state index in [1.807, 2.05) is 49.2 Å². The first kappa shape index (κ1) is 20.4. The van der Waals surface area contributed by atoms with Gasteiger partial charge in [-0.2, -0.15) is 10.2 Å². The van der Waals surface area contributed by atoms with Gasteiger partial charge in [0.05, 0.1) is 29.4 Å². The first-order chi connectivity index (χ1) is 15.5. The van der Waals surface area contributed by atoms with E-state index in [9.17, 15) is 4.79 Å². The van der Waals surface area contributed by atoms with E-state index < -0.39 is 0 Å². The standard InChI is InChI=1S/C23H27N7O2/c1-5-29-15(4)18(12-25-29)21-20-17(11-19(16-6-7-16)26-23(20)32-28-21)22(31)24-8-9-30-14(3)10-13(2)27-30/h10-12,16H,5-9H2,1-4H3,(H,24,31). The van der Waals surface area contributed by atoms with Crippen LogP contribution in [-0.4, -0.2) is 42.2 Å². The van der Waals surface area contributed by atoms with Gasteiger partial charge in [-0.15, -0.1) is 0 Å². The third-order valence-electron chi connectivity index (χ3n) is 6.08. The van der Waals surface area contributed by atoms with Gasteiger partial charge in [-0.25, -0.2) is 4.98 Å². The Labute approximate surface area is 185 Å². The second-order valence-electron chi connectivity index (χ2n) is 8.45. The number of amides is 1. The van der Waals surface area contributed by atoms with Gasteiger partial charge in [0.1, 0.15) is 5.69 Å². The number of aryl methyl sites for hydroxylation is 3. The Morgan fingerprint density at radius 3 is 2.69 bits per heavy atom. The molecule has 0 radical (unpaired) electrons. The molecule has 0 spiro atoms. The Kier molecular flexibility index (Phi) is 5.03. The highest BCUT2D eigenvalue weighted by molar-refractivity contribution is 6.09. The Bertz CT molecular complexity index is 1310. The summed E-state index contributed by atoms with van der Waals surface area (Å²) in [6.07, 6.45) is 3.94. The zero-order chi connectivity index (χ0) is 22.4. The van der Waals surface area contributed by atoms with Crippen LogP contribution in [0.25, 0.3) is 22.4 Å². The lowest BCUT2D eigenvalue weighted by molar-refractivity contribution is 0.0953. The molecular weight excluding hydrogens is 406 g/mol. The van der Waals surface area contributed by atoms with Gasteiger partial charge >= 0.3 is 0 Å². The predicted octanol–water partition coefficient (Wildman–Crippen LogP) is 3.54. The molecule has 166 valence electrons. The molecular formula is C23H27N7O2. The van der Waals surface area contributed by atoms with Crippen LogP contribution in [0.5, 0.6) is 0 Å². The van der Waals surface area contributed by atoms with Gasteiger partial charge in [0.2, 0.25) is 0 Å². The lowest BCUT2D eigenvalue weighted by atomic mass is 10.0. The molecule has 4 aromatic rings. The highest BCUT2D eigenvalue weighted by Crippen LogP contribution is 2.41. The maximum absolute atomic E-state index is 13.3. The largest absolute Gasteiger partial charge is 0.350 e. The molecule has 0 bridgehead atoms. The van der Waals surface area contributed by atoms with Crippen molar-refractivity contribution >= 4 is 17.0 Å². The average molecular weight is 434 g/mol. The quantitative estimate of drug-likeness (QED) is 0.478. The van der Waals surface area contributed by atoms with Crippen LogP contribution in [0.1, 0.15) is 58.8 Å². The van der Waals surface area contributed by atoms with Crippen LogP contribution < -0.4 is 5.32 Å². The Morgan fingerprint density at radius 2 is 2.03 bits per heavy atom. The first-order valence-electron chi connectivity index (χ1n) is 11.1. The lowest BCUT2D eigenvalue weighted by Gasteiger charge is -2.09. The van der Waals surface area contributed by atoms with Gasteiger partial charge < -0.3 is 9.84 Å². The van der Waals surface area contributed by atoms with Crippen molar-refractivity contribution < 1.29 is 9.32 Å². The molecule has 1 aliphatic carbocycles. The van der Waals surface area contributed by atoms with Crippen molar-refractivity contribution in [3.05, 3.63) is 46.7 Å². The Morgan fingerprint density at radius 1 is 1.22 bits per heavy atom. The van der Waals surface area contributed by atoms with Crippen molar-refractivity contribution in [1.82, 2.24) is 35.0 Å². The fourth-order valence-electron chi connectivity index (χ4n) is 4.19. The number of carbonyl (C=O) groups is 1. The molecule has 0 unspecified atom stereocenters. The monoisotopic (exact) mass is 433 g/mol. The molecule has 0 aliphatic heterocycles. The number of hydrogen-bond acceptors (Lipinski definition) is 6. The van der Waals surface area contributed by atoms with Crippen molar-refractivity contribution in [1.29, 1.82) is 0 Å². The number of carbonyl (C=O) groups excluding carboxylic acids is 1. The highest BCUT2D eigenvalue weighted by atomic mass is 16.5. The van der Waals surface area contributed by atoms with Crippen molar-refractivity contribution in [2.45, 2.75) is 59.5 Å². The fourth-order valence-corrected chi connectivity index (χ4v) is 4.19. The fraction of sp³-hybridized carbons (Fsp3) is 0.435. The van der Waals surface area contributed by atoms with Gasteiger partial charge in [-0.05, 0) is 52.7 Å². The maximum atomic E-state index is 13.3. The number of nitrogens with zero attached hydrogens (tertiary/aromatic N) is 6. The van der Waals surface area contributed by atoms with Gasteiger partial charge in [0.15, 0.2) is 0 Å². The molecule has 1 fully saturated rings. The third kappa shape index (κ3) is 3.57. The van der Waals surface area contributed by atoms with E-state index in [0.717, 1.165) is 47.7 Å². The highest BCUT2D eigenvalue weighted by Gasteiger charge is 2.30. The number of rotatable bonds is 7. The summed E-state index contributed by atoms with van der Waals surface area (Å²) in [5, 5.41) is 16.9. The summed E-state index contributed by atoms with van der Waals surface area (Å²) in [6.45, 7) is 9.84. The zero-order valence-electron chi connectivity index (χ0n) is 18.8. The van der Waals surface area contributed by atoms with Gasteiger partial charge in [0, 0.05) is 41.7 Å². The minimum Gasteiger partial charge on any atom is -0.350 e. The van der Waals surface area contributed by atoms with Crippen LogP contribution in [0.3, 0.4) is 0 Å². The van der Waals surface area contributed by atoms with E-state index >= 15 is 0 Å². The number of nitrogens with one attached hydrogen (secondary N) is 1. The summed E-state index contributed by atoms with van der Waals surface area (Å²) in [7, 11) is 0. The molecule has 0 aromatic carbocycles. The molecule has 32 heavy (non-hydrogen) atoms. The minimum atomic E-state index is -0.161. The zero-order valence-corrected chi connectivity index (χ0v) is 18.8. The summed E-state index contributed by atoms with van der Waals surface area (Å²) in [5.41, 5.74) is 6.32. The molecule has 9 nitrogen and oxygen atoms in total. The van der Waals surface area contributed by atoms with Crippen LogP contribution in [0.4, 0.5) is 0 Å². The SMILES string of the molecule is CCn1ncc(-c2noc3nc(C4CC4)cc(C(=O)NCCn4nc(C)cc4C)c23)c1C. The smallest absolute Gasteiger partial charge is 0.259 e. The Balaban J connectivity index is 1.49. The third-order valence-corrected chi connectivity index (χ3v) is 6.08. The normalized spacial score (nSPS) is 13.8. The summed E-state index contributed by atoms with van der Waals surface area (Å²) in [6, 6.07) is 3.93. The van der Waals surface area contributed by atoms with Crippen LogP contribution in [0, 0.1) is 20.8 Å². The van der Waals surface area contributed by atoms with Gasteiger partial charge in [-0.1, -0.05) is 5.16 Å². The summed E-state index contributed by atoms with van der Waals surface area (Å²) in [4.78, 5) is 18.0. The molecule has 1 aliphatic rings. The molecule has 0 saturated heterocycles. The second-order valence-corrected chi connectivity index (χ2v) is 8.45. The van der Waals surface area contributed by atoms with Crippen LogP contribution in [0.15, 0.2) is 22.9 Å². The molecule has 0 atom stereocenters. The van der Waals surface area contributed by atoms with Crippen LogP contribution in [0.2, 0.25) is 0 Å². The van der Waals surface area contributed by atoms with Gasteiger partial charge in [-0.3, -0.25) is 14.2 Å². The molecule has 1 amide bonds. The molecule has 9 heteroatoms. The van der Waals surface area contributed by atoms with E-state index in [2.05, 4.69) is 25.7 Å². The Hall–Kier alpha value is -3.49. The minimum absolute atomic E-state index is 0.161. The van der Waals surface area contributed by atoms with Gasteiger partial charge in [0.25, 0.3) is 11.6 Å². The molecule has 4 aromatic heterocycles. The topological polar surface area (TPSA) is 104 Å². The van der Waals surface area contributed by atoms with E-state index in [1.54, 1.807) is 6.20 Å². The molecule has 5 rings (SSSR count). The van der Waals surface area contributed by atoms with Crippen LogP contribution >= 0.6 is 0 Å². The molecule has 1 N–H and O–H groups in total. The second kappa shape index (κ2) is 7.89. The lowest BCUT2D eigenvalue weighted by Crippen LogP contribution is -2.28. The number of fused-ring (bicyclic) bond motifs is 1. The van der Waals surface area contributed by atoms with E-state index in [0.29, 0.717) is 41.4 Å². The summed E-state index contributed by atoms with van der Waals surface area (Å²) < 4.78 is 9.41. The van der Waals surface area contributed by atoms with Crippen LogP contribution in [-0.2, 0) is 13.1 Å². The molecule has 1 saturated carbocycles. The van der Waals surface area contributed by atoms with Crippen molar-refractivity contribution in [3.8, 4) is 11.3 Å². The summed E-state index contributed by atoms with van der Waals surface area (Å²) in [5.74, 6) is 0.226. The molecule has 4 heterocycles. The first-order valence-corrected chi connectivity index (χ1v) is 11.1. The van der Waals surface area contributed by atoms with Crippen molar-refractivity contribution in [2.75, 3.05) is 6.54 Å². The van der Waals surface area contributed by atoms with E-state index in [1.165, 1.54) is 0 Å². The number of pyridine rings is 1. The van der Waals surface area contributed by atoms with E-state index in [4.69, 9.17) is 4.52 Å². The van der Waals surface area contributed by atoms with E-state index in [-0.39, 0.29) is 5.91 Å². The summed E-state index contributed by atoms with van der Waals surface area (Å²) >= 11 is 0. The predicted molar refractivity (Wildman–Crippen MR) is 119 cm³/mol. The van der Waals surface area contributed by atoms with Crippen molar-refractivity contribution in [2.24, 2.45) is 0 Å².